The molecule has 0 fully saturated rings. The van der Waals surface area contributed by atoms with Crippen molar-refractivity contribution in [1.82, 2.24) is 15.1 Å². The van der Waals surface area contributed by atoms with Gasteiger partial charge in [-0.05, 0) is 49.7 Å². The average molecular weight is 372 g/mol. The second-order valence-electron chi connectivity index (χ2n) is 5.63. The van der Waals surface area contributed by atoms with E-state index in [1.54, 1.807) is 43.5 Å². The van der Waals surface area contributed by atoms with Crippen molar-refractivity contribution in [2.75, 3.05) is 17.2 Å². The molecule has 0 aliphatic carbocycles. The second kappa shape index (κ2) is 8.44. The summed E-state index contributed by atoms with van der Waals surface area (Å²) in [4.78, 5) is 20.5. The van der Waals surface area contributed by atoms with Gasteiger partial charge in [-0.1, -0.05) is 16.8 Å². The van der Waals surface area contributed by atoms with Crippen LogP contribution in [-0.2, 0) is 4.79 Å². The van der Waals surface area contributed by atoms with Crippen LogP contribution in [0.15, 0.2) is 47.1 Å². The number of carbonyl (C=O) groups excluding carboxylic acids is 1. The normalized spacial score (nSPS) is 10.5. The van der Waals surface area contributed by atoms with Crippen molar-refractivity contribution in [3.63, 3.8) is 0 Å². The number of aryl methyl sites for hydroxylation is 1. The monoisotopic (exact) mass is 371 g/mol. The number of benzene rings is 1. The minimum absolute atomic E-state index is 0.0529. The van der Waals surface area contributed by atoms with Crippen LogP contribution in [0.4, 0.5) is 11.5 Å². The molecule has 0 aliphatic rings. The summed E-state index contributed by atoms with van der Waals surface area (Å²) in [5, 5.41) is 10.5. The van der Waals surface area contributed by atoms with Crippen LogP contribution in [0.5, 0.6) is 0 Å². The van der Waals surface area contributed by atoms with Crippen molar-refractivity contribution >= 4 is 29.0 Å². The van der Waals surface area contributed by atoms with Crippen molar-refractivity contribution < 1.29 is 9.32 Å². The summed E-state index contributed by atoms with van der Waals surface area (Å²) in [6.45, 7) is 2.35. The molecule has 8 heteroatoms. The maximum absolute atomic E-state index is 12.0. The summed E-state index contributed by atoms with van der Waals surface area (Å²) in [6, 6.07) is 10.7. The van der Waals surface area contributed by atoms with Crippen LogP contribution >= 0.6 is 11.6 Å². The van der Waals surface area contributed by atoms with Gasteiger partial charge in [-0.15, -0.1) is 0 Å². The highest BCUT2D eigenvalue weighted by atomic mass is 35.5. The fourth-order valence-electron chi connectivity index (χ4n) is 2.34. The van der Waals surface area contributed by atoms with Crippen molar-refractivity contribution in [3.8, 4) is 11.5 Å². The standard InChI is InChI=1S/C18H18ClN5O2/c1-12-22-18(26-24-12)15-4-2-10-20-17(15)21-11-3-5-16(25)23-14-8-6-13(19)7-9-14/h2,4,6-10H,3,5,11H2,1H3,(H,20,21)(H,23,25). The number of nitrogens with zero attached hydrogens (tertiary/aromatic N) is 3. The number of rotatable bonds is 7. The topological polar surface area (TPSA) is 92.9 Å². The molecule has 7 nitrogen and oxygen atoms in total. The van der Waals surface area contributed by atoms with Gasteiger partial charge in [0, 0.05) is 29.9 Å². The molecular weight excluding hydrogens is 354 g/mol. The van der Waals surface area contributed by atoms with Gasteiger partial charge < -0.3 is 15.2 Å². The molecule has 0 aliphatic heterocycles. The SMILES string of the molecule is Cc1noc(-c2cccnc2NCCCC(=O)Nc2ccc(Cl)cc2)n1. The molecule has 0 saturated carbocycles. The Morgan fingerprint density at radius 3 is 2.77 bits per heavy atom. The maximum Gasteiger partial charge on any atom is 0.261 e. The summed E-state index contributed by atoms with van der Waals surface area (Å²) in [5.74, 6) is 1.57. The van der Waals surface area contributed by atoms with Crippen LogP contribution in [0.1, 0.15) is 18.7 Å². The summed E-state index contributed by atoms with van der Waals surface area (Å²) < 4.78 is 5.20. The molecule has 3 aromatic rings. The molecule has 0 saturated heterocycles. The van der Waals surface area contributed by atoms with Crippen molar-refractivity contribution in [2.45, 2.75) is 19.8 Å². The third-order valence-electron chi connectivity index (χ3n) is 3.57. The van der Waals surface area contributed by atoms with E-state index in [9.17, 15) is 4.79 Å². The zero-order valence-corrected chi connectivity index (χ0v) is 15.0. The van der Waals surface area contributed by atoms with Gasteiger partial charge in [0.15, 0.2) is 5.82 Å². The Balaban J connectivity index is 1.49. The molecule has 2 aromatic heterocycles. The van der Waals surface area contributed by atoms with Crippen LogP contribution in [0.25, 0.3) is 11.5 Å². The van der Waals surface area contributed by atoms with E-state index in [1.807, 2.05) is 6.07 Å². The zero-order valence-electron chi connectivity index (χ0n) is 14.2. The number of carbonyl (C=O) groups is 1. The number of hydrogen-bond acceptors (Lipinski definition) is 6. The predicted octanol–water partition coefficient (Wildman–Crippen LogP) is 3.92. The van der Waals surface area contributed by atoms with Gasteiger partial charge >= 0.3 is 0 Å². The fourth-order valence-corrected chi connectivity index (χ4v) is 2.46. The summed E-state index contributed by atoms with van der Waals surface area (Å²) >= 11 is 5.83. The van der Waals surface area contributed by atoms with Crippen LogP contribution in [0, 0.1) is 6.92 Å². The van der Waals surface area contributed by atoms with E-state index in [1.165, 1.54) is 0 Å². The smallest absolute Gasteiger partial charge is 0.261 e. The maximum atomic E-state index is 12.0. The number of hydrogen-bond donors (Lipinski definition) is 2. The first-order valence-corrected chi connectivity index (χ1v) is 8.54. The Labute approximate surface area is 155 Å². The largest absolute Gasteiger partial charge is 0.369 e. The minimum Gasteiger partial charge on any atom is -0.369 e. The van der Waals surface area contributed by atoms with Crippen molar-refractivity contribution in [2.24, 2.45) is 0 Å². The number of halogens is 1. The predicted molar refractivity (Wildman–Crippen MR) is 100 cm³/mol. The number of anilines is 2. The number of amides is 1. The van der Waals surface area contributed by atoms with Crippen LogP contribution < -0.4 is 10.6 Å². The van der Waals surface area contributed by atoms with Gasteiger partial charge in [0.2, 0.25) is 5.91 Å². The van der Waals surface area contributed by atoms with Crippen LogP contribution in [0.3, 0.4) is 0 Å². The Morgan fingerprint density at radius 1 is 1.23 bits per heavy atom. The molecule has 0 unspecified atom stereocenters. The lowest BCUT2D eigenvalue weighted by Crippen LogP contribution is -2.13. The molecule has 0 radical (unpaired) electrons. The van der Waals surface area contributed by atoms with Crippen molar-refractivity contribution in [3.05, 3.63) is 53.4 Å². The highest BCUT2D eigenvalue weighted by Gasteiger charge is 2.12. The minimum atomic E-state index is -0.0529. The first-order chi connectivity index (χ1) is 12.6. The number of aromatic nitrogens is 3. The lowest BCUT2D eigenvalue weighted by molar-refractivity contribution is -0.116. The van der Waals surface area contributed by atoms with Gasteiger partial charge in [0.1, 0.15) is 5.82 Å². The third kappa shape index (κ3) is 4.80. The van der Waals surface area contributed by atoms with E-state index >= 15 is 0 Å². The Hall–Kier alpha value is -2.93. The molecule has 0 spiro atoms. The highest BCUT2D eigenvalue weighted by Crippen LogP contribution is 2.24. The first-order valence-electron chi connectivity index (χ1n) is 8.17. The van der Waals surface area contributed by atoms with Gasteiger partial charge in [0.25, 0.3) is 5.89 Å². The van der Waals surface area contributed by atoms with E-state index in [0.29, 0.717) is 41.9 Å². The molecule has 2 N–H and O–H groups in total. The van der Waals surface area contributed by atoms with Gasteiger partial charge in [-0.3, -0.25) is 4.79 Å². The van der Waals surface area contributed by atoms with Crippen molar-refractivity contribution in [1.29, 1.82) is 0 Å². The quantitative estimate of drug-likeness (QED) is 0.611. The highest BCUT2D eigenvalue weighted by molar-refractivity contribution is 6.30. The summed E-state index contributed by atoms with van der Waals surface area (Å²) in [5.41, 5.74) is 1.46. The molecular formula is C18H18ClN5O2. The second-order valence-corrected chi connectivity index (χ2v) is 6.07. The van der Waals surface area contributed by atoms with E-state index in [0.717, 1.165) is 11.3 Å². The number of pyridine rings is 1. The average Bonchev–Trinajstić information content (AvgIpc) is 3.07. The first kappa shape index (κ1) is 17.9. The summed E-state index contributed by atoms with van der Waals surface area (Å²) in [7, 11) is 0. The summed E-state index contributed by atoms with van der Waals surface area (Å²) in [6.07, 6.45) is 2.72. The number of nitrogens with one attached hydrogen (secondary N) is 2. The molecule has 0 bridgehead atoms. The molecule has 134 valence electrons. The van der Waals surface area contributed by atoms with E-state index in [4.69, 9.17) is 16.1 Å². The van der Waals surface area contributed by atoms with Gasteiger partial charge in [-0.25, -0.2) is 4.98 Å². The molecule has 1 aromatic carbocycles. The van der Waals surface area contributed by atoms with E-state index in [-0.39, 0.29) is 5.91 Å². The van der Waals surface area contributed by atoms with Crippen LogP contribution in [0.2, 0.25) is 5.02 Å². The Kier molecular flexibility index (Phi) is 5.80. The molecule has 26 heavy (non-hydrogen) atoms. The fraction of sp³-hybridized carbons (Fsp3) is 0.222. The zero-order chi connectivity index (χ0) is 18.4. The third-order valence-corrected chi connectivity index (χ3v) is 3.82. The van der Waals surface area contributed by atoms with Crippen LogP contribution in [-0.4, -0.2) is 27.6 Å². The van der Waals surface area contributed by atoms with Gasteiger partial charge in [0.05, 0.1) is 5.56 Å². The van der Waals surface area contributed by atoms with Gasteiger partial charge in [-0.2, -0.15) is 4.98 Å². The molecule has 0 atom stereocenters. The van der Waals surface area contributed by atoms with E-state index in [2.05, 4.69) is 25.8 Å². The lowest BCUT2D eigenvalue weighted by atomic mass is 10.2. The molecule has 3 rings (SSSR count). The molecule has 2 heterocycles. The Morgan fingerprint density at radius 2 is 2.04 bits per heavy atom. The molecule has 1 amide bonds. The van der Waals surface area contributed by atoms with E-state index < -0.39 is 0 Å². The lowest BCUT2D eigenvalue weighted by Gasteiger charge is -2.09. The Bertz CT molecular complexity index is 879.